The van der Waals surface area contributed by atoms with Crippen LogP contribution < -0.4 is 14.2 Å². The van der Waals surface area contributed by atoms with Gasteiger partial charge in [-0.2, -0.15) is 4.37 Å². The second-order valence-electron chi connectivity index (χ2n) is 5.46. The fraction of sp³-hybridized carbons (Fsp3) is 0.286. The molecule has 1 aromatic carbocycles. The average Bonchev–Trinajstić information content (AvgIpc) is 3.22. The van der Waals surface area contributed by atoms with Crippen LogP contribution in [0.15, 0.2) is 35.1 Å². The lowest BCUT2D eigenvalue weighted by atomic mass is 10.0. The third kappa shape index (κ3) is 4.99. The van der Waals surface area contributed by atoms with Gasteiger partial charge in [-0.05, 0) is 37.5 Å². The lowest BCUT2D eigenvalue weighted by Gasteiger charge is -2.14. The van der Waals surface area contributed by atoms with Gasteiger partial charge in [0.2, 0.25) is 5.75 Å². The molecule has 0 fully saturated rings. The Kier molecular flexibility index (Phi) is 8.93. The molecule has 150 valence electrons. The molecule has 0 spiro atoms. The van der Waals surface area contributed by atoms with E-state index in [1.807, 2.05) is 24.4 Å². The number of benzene rings is 1. The number of terminal acetylenes is 1. The zero-order valence-corrected chi connectivity index (χ0v) is 17.7. The first kappa shape index (κ1) is 22.9. The van der Waals surface area contributed by atoms with E-state index in [1.165, 1.54) is 11.5 Å². The number of aliphatic hydroxyl groups excluding tert-OH is 1. The minimum Gasteiger partial charge on any atom is -0.508 e. The van der Waals surface area contributed by atoms with Gasteiger partial charge < -0.3 is 24.1 Å². The fourth-order valence-corrected chi connectivity index (χ4v) is 3.18. The van der Waals surface area contributed by atoms with E-state index in [4.69, 9.17) is 18.9 Å². The van der Waals surface area contributed by atoms with E-state index >= 15 is 0 Å². The molecular formula is C21H25NO5S. The first-order valence-corrected chi connectivity index (χ1v) is 9.01. The SMILES string of the molecule is C#C.CO/C(C)=C/C(O)=C(\C)c1csnc1-c1cc(OC)c(OC)c(OC)c1. The van der Waals surface area contributed by atoms with E-state index in [2.05, 4.69) is 17.2 Å². The van der Waals surface area contributed by atoms with Gasteiger partial charge in [0.1, 0.15) is 5.76 Å². The Morgan fingerprint density at radius 3 is 2.07 bits per heavy atom. The number of methoxy groups -OCH3 is 4. The molecular weight excluding hydrogens is 378 g/mol. The van der Waals surface area contributed by atoms with Crippen LogP contribution in [0.1, 0.15) is 19.4 Å². The van der Waals surface area contributed by atoms with E-state index in [-0.39, 0.29) is 5.76 Å². The molecule has 0 aliphatic heterocycles. The zero-order chi connectivity index (χ0) is 21.3. The van der Waals surface area contributed by atoms with Crippen LogP contribution in [0.5, 0.6) is 17.2 Å². The van der Waals surface area contributed by atoms with Gasteiger partial charge in [-0.15, -0.1) is 12.8 Å². The molecule has 1 N–H and O–H groups in total. The Hall–Kier alpha value is -3.11. The molecule has 0 atom stereocenters. The predicted molar refractivity (Wildman–Crippen MR) is 113 cm³/mol. The number of aromatic nitrogens is 1. The summed E-state index contributed by atoms with van der Waals surface area (Å²) < 4.78 is 25.8. The van der Waals surface area contributed by atoms with Gasteiger partial charge in [0, 0.05) is 28.2 Å². The molecule has 0 aliphatic rings. The van der Waals surface area contributed by atoms with E-state index in [9.17, 15) is 5.11 Å². The summed E-state index contributed by atoms with van der Waals surface area (Å²) in [6.07, 6.45) is 9.58. The highest BCUT2D eigenvalue weighted by atomic mass is 32.1. The lowest BCUT2D eigenvalue weighted by molar-refractivity contribution is 0.290. The van der Waals surface area contributed by atoms with Gasteiger partial charge >= 0.3 is 0 Å². The number of aliphatic hydroxyl groups is 1. The van der Waals surface area contributed by atoms with E-state index in [1.54, 1.807) is 41.4 Å². The summed E-state index contributed by atoms with van der Waals surface area (Å²) >= 11 is 1.31. The van der Waals surface area contributed by atoms with Crippen molar-refractivity contribution >= 4 is 17.1 Å². The van der Waals surface area contributed by atoms with Crippen molar-refractivity contribution in [3.05, 3.63) is 40.7 Å². The normalized spacial score (nSPS) is 11.6. The van der Waals surface area contributed by atoms with Crippen LogP contribution in [0.4, 0.5) is 0 Å². The topological polar surface area (TPSA) is 70.0 Å². The van der Waals surface area contributed by atoms with E-state index in [0.717, 1.165) is 16.8 Å². The van der Waals surface area contributed by atoms with Crippen LogP contribution >= 0.6 is 11.5 Å². The van der Waals surface area contributed by atoms with Crippen molar-refractivity contribution in [1.29, 1.82) is 0 Å². The molecule has 2 aromatic rings. The van der Waals surface area contributed by atoms with E-state index in [0.29, 0.717) is 28.6 Å². The highest BCUT2D eigenvalue weighted by molar-refractivity contribution is 7.04. The third-order valence-corrected chi connectivity index (χ3v) is 4.59. The lowest BCUT2D eigenvalue weighted by Crippen LogP contribution is -1.96. The molecule has 0 saturated heterocycles. The van der Waals surface area contributed by atoms with Crippen LogP contribution in [0, 0.1) is 12.8 Å². The molecule has 0 amide bonds. The van der Waals surface area contributed by atoms with Crippen molar-refractivity contribution in [1.82, 2.24) is 4.37 Å². The van der Waals surface area contributed by atoms with Gasteiger partial charge in [0.25, 0.3) is 0 Å². The molecule has 7 heteroatoms. The largest absolute Gasteiger partial charge is 0.508 e. The number of hydrogen-bond donors (Lipinski definition) is 1. The molecule has 1 heterocycles. The summed E-state index contributed by atoms with van der Waals surface area (Å²) in [5.74, 6) is 2.34. The molecule has 0 aliphatic carbocycles. The maximum atomic E-state index is 10.4. The van der Waals surface area contributed by atoms with Crippen molar-refractivity contribution in [2.75, 3.05) is 28.4 Å². The smallest absolute Gasteiger partial charge is 0.203 e. The van der Waals surface area contributed by atoms with Crippen molar-refractivity contribution in [2.24, 2.45) is 0 Å². The van der Waals surface area contributed by atoms with Crippen LogP contribution in [-0.4, -0.2) is 37.9 Å². The Bertz CT molecular complexity index is 855. The summed E-state index contributed by atoms with van der Waals surface area (Å²) in [6, 6.07) is 3.67. The Balaban J connectivity index is 0.00000190. The Labute approximate surface area is 170 Å². The number of rotatable bonds is 7. The quantitative estimate of drug-likeness (QED) is 0.402. The number of allylic oxidation sites excluding steroid dienone is 3. The molecule has 28 heavy (non-hydrogen) atoms. The van der Waals surface area contributed by atoms with Gasteiger partial charge in [-0.3, -0.25) is 0 Å². The average molecular weight is 404 g/mol. The first-order chi connectivity index (χ1) is 13.5. The van der Waals surface area contributed by atoms with Crippen LogP contribution in [-0.2, 0) is 4.74 Å². The maximum Gasteiger partial charge on any atom is 0.203 e. The predicted octanol–water partition coefficient (Wildman–Crippen LogP) is 4.92. The first-order valence-electron chi connectivity index (χ1n) is 8.17. The van der Waals surface area contributed by atoms with Crippen LogP contribution in [0.25, 0.3) is 16.8 Å². The van der Waals surface area contributed by atoms with Crippen LogP contribution in [0.2, 0.25) is 0 Å². The maximum absolute atomic E-state index is 10.4. The van der Waals surface area contributed by atoms with Crippen molar-refractivity contribution in [3.63, 3.8) is 0 Å². The second-order valence-corrected chi connectivity index (χ2v) is 6.09. The van der Waals surface area contributed by atoms with Gasteiger partial charge in [-0.1, -0.05) is 0 Å². The van der Waals surface area contributed by atoms with Crippen molar-refractivity contribution < 1.29 is 24.1 Å². The number of hydrogen-bond acceptors (Lipinski definition) is 7. The molecule has 2 rings (SSSR count). The highest BCUT2D eigenvalue weighted by Crippen LogP contribution is 2.42. The Morgan fingerprint density at radius 1 is 1.04 bits per heavy atom. The highest BCUT2D eigenvalue weighted by Gasteiger charge is 2.19. The monoisotopic (exact) mass is 403 g/mol. The number of nitrogens with zero attached hydrogens (tertiary/aromatic N) is 1. The molecule has 6 nitrogen and oxygen atoms in total. The standard InChI is InChI=1S/C19H23NO5S.C2H2/c1-11(22-3)7-15(21)12(2)14-10-26-20-18(14)13-8-16(23-4)19(25-6)17(9-13)24-5;1-2/h7-10,21H,1-6H3;1-2H/b11-7+,15-12-;. The Morgan fingerprint density at radius 2 is 1.61 bits per heavy atom. The van der Waals surface area contributed by atoms with Crippen LogP contribution in [0.3, 0.4) is 0 Å². The van der Waals surface area contributed by atoms with Crippen molar-refractivity contribution in [2.45, 2.75) is 13.8 Å². The summed E-state index contributed by atoms with van der Waals surface area (Å²) in [6.45, 7) is 3.61. The van der Waals surface area contributed by atoms with E-state index < -0.39 is 0 Å². The van der Waals surface area contributed by atoms with Gasteiger partial charge in [0.05, 0.1) is 39.9 Å². The zero-order valence-electron chi connectivity index (χ0n) is 16.9. The second kappa shape index (κ2) is 10.9. The molecule has 0 bridgehead atoms. The fourth-order valence-electron chi connectivity index (χ4n) is 2.43. The molecule has 0 saturated carbocycles. The van der Waals surface area contributed by atoms with Gasteiger partial charge in [0.15, 0.2) is 11.5 Å². The molecule has 0 radical (unpaired) electrons. The summed E-state index contributed by atoms with van der Waals surface area (Å²) in [5.41, 5.74) is 3.04. The number of ether oxygens (including phenoxy) is 4. The molecule has 1 aromatic heterocycles. The minimum absolute atomic E-state index is 0.123. The van der Waals surface area contributed by atoms with Crippen molar-refractivity contribution in [3.8, 4) is 41.4 Å². The minimum atomic E-state index is 0.123. The summed E-state index contributed by atoms with van der Waals surface area (Å²) in [4.78, 5) is 0. The third-order valence-electron chi connectivity index (χ3n) is 3.96. The summed E-state index contributed by atoms with van der Waals surface area (Å²) in [5, 5.41) is 12.3. The summed E-state index contributed by atoms with van der Waals surface area (Å²) in [7, 11) is 6.25. The molecule has 0 unspecified atom stereocenters. The van der Waals surface area contributed by atoms with Gasteiger partial charge in [-0.25, -0.2) is 0 Å².